The predicted octanol–water partition coefficient (Wildman–Crippen LogP) is 6.23. The summed E-state index contributed by atoms with van der Waals surface area (Å²) in [5.41, 5.74) is 2.33. The Balaban J connectivity index is 1.36. The molecular weight excluding hydrogens is 376 g/mol. The average Bonchev–Trinajstić information content (AvgIpc) is 3.18. The Morgan fingerprint density at radius 1 is 1.13 bits per heavy atom. The highest BCUT2D eigenvalue weighted by Crippen LogP contribution is 2.35. The van der Waals surface area contributed by atoms with E-state index >= 15 is 0 Å². The number of benzene rings is 2. The first kappa shape index (κ1) is 20.5. The fourth-order valence-electron chi connectivity index (χ4n) is 4.42. The number of ether oxygens (including phenoxy) is 1. The van der Waals surface area contributed by atoms with E-state index in [2.05, 4.69) is 16.9 Å². The number of aromatic nitrogens is 2. The molecular formula is C25H30N2O3. The lowest BCUT2D eigenvalue weighted by molar-refractivity contribution is -0.140. The molecule has 1 fully saturated rings. The summed E-state index contributed by atoms with van der Waals surface area (Å²) in [6.07, 6.45) is 9.16. The van der Waals surface area contributed by atoms with Crippen LogP contribution in [-0.4, -0.2) is 21.0 Å². The van der Waals surface area contributed by atoms with E-state index < -0.39 is 0 Å². The molecule has 2 N–H and O–H groups in total. The number of rotatable bonds is 7. The number of imidazole rings is 1. The third-order valence-corrected chi connectivity index (χ3v) is 6.23. The van der Waals surface area contributed by atoms with Gasteiger partial charge >= 0.3 is 5.97 Å². The zero-order valence-corrected chi connectivity index (χ0v) is 17.6. The lowest BCUT2D eigenvalue weighted by atomic mass is 9.80. The van der Waals surface area contributed by atoms with Gasteiger partial charge < -0.3 is 14.8 Å². The summed E-state index contributed by atoms with van der Waals surface area (Å²) in [6, 6.07) is 12.7. The van der Waals surface area contributed by atoms with Crippen molar-refractivity contribution in [2.45, 2.75) is 58.3 Å². The van der Waals surface area contributed by atoms with Crippen molar-refractivity contribution in [2.75, 3.05) is 0 Å². The molecule has 158 valence electrons. The van der Waals surface area contributed by atoms with Crippen LogP contribution in [0.25, 0.3) is 22.4 Å². The Bertz CT molecular complexity index is 970. The smallest absolute Gasteiger partial charge is 0.314 e. The Labute approximate surface area is 177 Å². The maximum absolute atomic E-state index is 12.6. The first-order valence-electron chi connectivity index (χ1n) is 11.1. The largest absolute Gasteiger partial charge is 0.507 e. The minimum atomic E-state index is -0.183. The molecule has 1 aliphatic carbocycles. The highest BCUT2D eigenvalue weighted by atomic mass is 16.5. The maximum Gasteiger partial charge on any atom is 0.314 e. The molecule has 5 heteroatoms. The maximum atomic E-state index is 12.6. The summed E-state index contributed by atoms with van der Waals surface area (Å²) in [5.74, 6) is 1.55. The van der Waals surface area contributed by atoms with Crippen molar-refractivity contribution in [1.82, 2.24) is 9.97 Å². The quantitative estimate of drug-likeness (QED) is 0.277. The minimum absolute atomic E-state index is 0.0374. The number of hydrogen-bond acceptors (Lipinski definition) is 4. The van der Waals surface area contributed by atoms with E-state index in [1.54, 1.807) is 12.1 Å². The van der Waals surface area contributed by atoms with Gasteiger partial charge in [0.05, 0.1) is 22.5 Å². The van der Waals surface area contributed by atoms with Crippen LogP contribution < -0.4 is 4.74 Å². The fourth-order valence-corrected chi connectivity index (χ4v) is 4.42. The molecule has 2 aromatic carbocycles. The first-order valence-corrected chi connectivity index (χ1v) is 11.1. The van der Waals surface area contributed by atoms with Crippen LogP contribution in [0.5, 0.6) is 11.5 Å². The van der Waals surface area contributed by atoms with Crippen LogP contribution >= 0.6 is 0 Å². The summed E-state index contributed by atoms with van der Waals surface area (Å²) >= 11 is 0. The summed E-state index contributed by atoms with van der Waals surface area (Å²) < 4.78 is 5.59. The molecule has 0 atom stereocenters. The summed E-state index contributed by atoms with van der Waals surface area (Å²) in [5, 5.41) is 10.5. The number of hydrogen-bond donors (Lipinski definition) is 2. The highest BCUT2D eigenvalue weighted by molar-refractivity contribution is 5.81. The van der Waals surface area contributed by atoms with Gasteiger partial charge in [0.2, 0.25) is 0 Å². The second-order valence-corrected chi connectivity index (χ2v) is 8.42. The van der Waals surface area contributed by atoms with Crippen LogP contribution in [0.1, 0.15) is 58.3 Å². The molecule has 30 heavy (non-hydrogen) atoms. The van der Waals surface area contributed by atoms with Crippen LogP contribution in [0.2, 0.25) is 0 Å². The van der Waals surface area contributed by atoms with E-state index in [0.29, 0.717) is 17.1 Å². The number of fused-ring (bicyclic) bond motifs is 1. The molecule has 1 saturated carbocycles. The van der Waals surface area contributed by atoms with Gasteiger partial charge in [0.1, 0.15) is 17.3 Å². The van der Waals surface area contributed by atoms with Crippen molar-refractivity contribution in [3.8, 4) is 22.9 Å². The molecule has 1 heterocycles. The molecule has 4 rings (SSSR count). The summed E-state index contributed by atoms with van der Waals surface area (Å²) in [7, 11) is 0. The van der Waals surface area contributed by atoms with Gasteiger partial charge in [0.15, 0.2) is 0 Å². The fraction of sp³-hybridized carbons (Fsp3) is 0.440. The van der Waals surface area contributed by atoms with E-state index in [1.165, 1.54) is 31.7 Å². The molecule has 0 aliphatic heterocycles. The third kappa shape index (κ3) is 4.66. The normalized spacial score (nSPS) is 19.1. The Kier molecular flexibility index (Phi) is 6.36. The number of aromatic hydroxyl groups is 1. The summed E-state index contributed by atoms with van der Waals surface area (Å²) in [4.78, 5) is 20.3. The van der Waals surface area contributed by atoms with Gasteiger partial charge in [-0.1, -0.05) is 44.7 Å². The Morgan fingerprint density at radius 2 is 1.93 bits per heavy atom. The summed E-state index contributed by atoms with van der Waals surface area (Å²) in [6.45, 7) is 2.23. The van der Waals surface area contributed by atoms with Gasteiger partial charge in [-0.2, -0.15) is 0 Å². The third-order valence-electron chi connectivity index (χ3n) is 6.23. The van der Waals surface area contributed by atoms with Crippen LogP contribution in [0, 0.1) is 11.8 Å². The van der Waals surface area contributed by atoms with Crippen molar-refractivity contribution in [1.29, 1.82) is 0 Å². The molecule has 0 unspecified atom stereocenters. The van der Waals surface area contributed by atoms with Crippen molar-refractivity contribution in [3.05, 3.63) is 42.5 Å². The molecule has 0 radical (unpaired) electrons. The number of nitrogens with zero attached hydrogens (tertiary/aromatic N) is 1. The van der Waals surface area contributed by atoms with Crippen molar-refractivity contribution in [2.24, 2.45) is 11.8 Å². The SMILES string of the molecule is CCCCCC1CCC(C(=O)Oc2ccc(-c3nc4ccccc4[nH]3)c(O)c2)CC1. The number of phenols is 1. The number of aromatic amines is 1. The van der Waals surface area contributed by atoms with Gasteiger partial charge in [-0.25, -0.2) is 4.98 Å². The van der Waals surface area contributed by atoms with Crippen LogP contribution in [0.4, 0.5) is 0 Å². The lowest BCUT2D eigenvalue weighted by Crippen LogP contribution is -2.25. The van der Waals surface area contributed by atoms with Gasteiger partial charge in [0.25, 0.3) is 0 Å². The zero-order valence-electron chi connectivity index (χ0n) is 17.6. The van der Waals surface area contributed by atoms with E-state index in [-0.39, 0.29) is 17.6 Å². The molecule has 0 bridgehead atoms. The first-order chi connectivity index (χ1) is 14.6. The van der Waals surface area contributed by atoms with Crippen LogP contribution in [0.3, 0.4) is 0 Å². The number of H-pyrrole nitrogens is 1. The predicted molar refractivity (Wildman–Crippen MR) is 118 cm³/mol. The van der Waals surface area contributed by atoms with Gasteiger partial charge in [-0.15, -0.1) is 0 Å². The Hall–Kier alpha value is -2.82. The van der Waals surface area contributed by atoms with Gasteiger partial charge in [0, 0.05) is 6.07 Å². The number of unbranched alkanes of at least 4 members (excludes halogenated alkanes) is 2. The standard InChI is InChI=1S/C25H30N2O3/c1-2-3-4-7-17-10-12-18(13-11-17)25(29)30-19-14-15-20(23(28)16-19)24-26-21-8-5-6-9-22(21)27-24/h5-6,8-9,14-18,28H,2-4,7,10-13H2,1H3,(H,26,27). The number of nitrogens with one attached hydrogen (secondary N) is 1. The second kappa shape index (κ2) is 9.33. The van der Waals surface area contributed by atoms with Crippen molar-refractivity contribution >= 4 is 17.0 Å². The molecule has 1 aliphatic rings. The van der Waals surface area contributed by atoms with E-state index in [0.717, 1.165) is 42.6 Å². The average molecular weight is 407 g/mol. The van der Waals surface area contributed by atoms with E-state index in [4.69, 9.17) is 4.74 Å². The highest BCUT2D eigenvalue weighted by Gasteiger charge is 2.27. The Morgan fingerprint density at radius 3 is 2.67 bits per heavy atom. The molecule has 0 amide bonds. The monoisotopic (exact) mass is 406 g/mol. The van der Waals surface area contributed by atoms with E-state index in [1.807, 2.05) is 24.3 Å². The minimum Gasteiger partial charge on any atom is -0.507 e. The number of phenolic OH excluding ortho intramolecular Hbond substituents is 1. The molecule has 3 aromatic rings. The molecule has 0 saturated heterocycles. The topological polar surface area (TPSA) is 75.2 Å². The van der Waals surface area contributed by atoms with Crippen LogP contribution in [-0.2, 0) is 4.79 Å². The van der Waals surface area contributed by atoms with Crippen molar-refractivity contribution in [3.63, 3.8) is 0 Å². The lowest BCUT2D eigenvalue weighted by Gasteiger charge is -2.27. The number of carbonyl (C=O) groups excluding carboxylic acids is 1. The zero-order chi connectivity index (χ0) is 20.9. The molecule has 0 spiro atoms. The van der Waals surface area contributed by atoms with Gasteiger partial charge in [-0.05, 0) is 55.9 Å². The number of carbonyl (C=O) groups is 1. The molecule has 1 aromatic heterocycles. The van der Waals surface area contributed by atoms with Crippen molar-refractivity contribution < 1.29 is 14.6 Å². The number of para-hydroxylation sites is 2. The molecule has 5 nitrogen and oxygen atoms in total. The number of esters is 1. The van der Waals surface area contributed by atoms with Gasteiger partial charge in [-0.3, -0.25) is 4.79 Å². The van der Waals surface area contributed by atoms with Crippen LogP contribution in [0.15, 0.2) is 42.5 Å². The second-order valence-electron chi connectivity index (χ2n) is 8.42. The van der Waals surface area contributed by atoms with E-state index in [9.17, 15) is 9.90 Å².